The van der Waals surface area contributed by atoms with Crippen LogP contribution in [0.5, 0.6) is 11.5 Å². The summed E-state index contributed by atoms with van der Waals surface area (Å²) in [4.78, 5) is 0. The van der Waals surface area contributed by atoms with Crippen LogP contribution in [0.1, 0.15) is 32.8 Å². The first-order valence-corrected chi connectivity index (χ1v) is 4.70. The highest BCUT2D eigenvalue weighted by Gasteiger charge is 2.20. The molecule has 0 amide bonds. The van der Waals surface area contributed by atoms with Gasteiger partial charge in [-0.05, 0) is 29.5 Å². The van der Waals surface area contributed by atoms with Gasteiger partial charge in [0.05, 0.1) is 5.69 Å². The van der Waals surface area contributed by atoms with Crippen LogP contribution in [-0.2, 0) is 5.41 Å². The van der Waals surface area contributed by atoms with Crippen LogP contribution < -0.4 is 5.73 Å². The van der Waals surface area contributed by atoms with Gasteiger partial charge >= 0.3 is 0 Å². The largest absolute Gasteiger partial charge is 0.504 e. The summed E-state index contributed by atoms with van der Waals surface area (Å²) in [6.45, 7) is 6.20. The number of anilines is 1. The van der Waals surface area contributed by atoms with E-state index in [0.717, 1.165) is 12.0 Å². The molecule has 0 aromatic heterocycles. The molecule has 0 unspecified atom stereocenters. The van der Waals surface area contributed by atoms with Gasteiger partial charge in [-0.2, -0.15) is 0 Å². The maximum absolute atomic E-state index is 9.41. The van der Waals surface area contributed by atoms with Crippen LogP contribution in [0.4, 0.5) is 5.69 Å². The highest BCUT2D eigenvalue weighted by molar-refractivity contribution is 5.61. The second-order valence-electron chi connectivity index (χ2n) is 4.17. The zero-order valence-electron chi connectivity index (χ0n) is 8.83. The van der Waals surface area contributed by atoms with Gasteiger partial charge in [0.25, 0.3) is 0 Å². The molecule has 0 aliphatic carbocycles. The average molecular weight is 195 g/mol. The van der Waals surface area contributed by atoms with Gasteiger partial charge in [0.15, 0.2) is 11.5 Å². The lowest BCUT2D eigenvalue weighted by Gasteiger charge is -2.24. The van der Waals surface area contributed by atoms with Gasteiger partial charge in [-0.15, -0.1) is 0 Å². The number of phenolic OH excluding ortho intramolecular Hbond substituents is 2. The molecule has 0 fully saturated rings. The highest BCUT2D eigenvalue weighted by Crippen LogP contribution is 2.37. The molecule has 0 aliphatic rings. The van der Waals surface area contributed by atoms with Gasteiger partial charge in [0, 0.05) is 0 Å². The molecule has 14 heavy (non-hydrogen) atoms. The maximum atomic E-state index is 9.41. The molecule has 78 valence electrons. The third-order valence-electron chi connectivity index (χ3n) is 2.78. The van der Waals surface area contributed by atoms with Crippen molar-refractivity contribution < 1.29 is 10.2 Å². The van der Waals surface area contributed by atoms with E-state index in [4.69, 9.17) is 5.73 Å². The minimum atomic E-state index is -0.236. The fourth-order valence-corrected chi connectivity index (χ4v) is 1.24. The molecule has 0 bridgehead atoms. The molecular weight excluding hydrogens is 178 g/mol. The van der Waals surface area contributed by atoms with Crippen LogP contribution in [0.15, 0.2) is 12.1 Å². The Hall–Kier alpha value is -1.38. The Kier molecular flexibility index (Phi) is 2.60. The van der Waals surface area contributed by atoms with Crippen molar-refractivity contribution in [3.63, 3.8) is 0 Å². The van der Waals surface area contributed by atoms with Crippen molar-refractivity contribution in [1.82, 2.24) is 0 Å². The van der Waals surface area contributed by atoms with Gasteiger partial charge in [0.2, 0.25) is 0 Å². The molecule has 0 saturated carbocycles. The fraction of sp³-hybridized carbons (Fsp3) is 0.455. The molecule has 0 heterocycles. The molecule has 3 heteroatoms. The van der Waals surface area contributed by atoms with Crippen LogP contribution >= 0.6 is 0 Å². The lowest BCUT2D eigenvalue weighted by molar-refractivity contribution is 0.402. The maximum Gasteiger partial charge on any atom is 0.180 e. The fourth-order valence-electron chi connectivity index (χ4n) is 1.24. The van der Waals surface area contributed by atoms with E-state index in [1.807, 2.05) is 0 Å². The lowest BCUT2D eigenvalue weighted by Crippen LogP contribution is -2.15. The number of benzene rings is 1. The van der Waals surface area contributed by atoms with Crippen LogP contribution in [0, 0.1) is 0 Å². The van der Waals surface area contributed by atoms with Crippen LogP contribution in [0.2, 0.25) is 0 Å². The van der Waals surface area contributed by atoms with Crippen molar-refractivity contribution in [2.45, 2.75) is 32.6 Å². The van der Waals surface area contributed by atoms with Crippen molar-refractivity contribution in [3.05, 3.63) is 17.7 Å². The summed E-state index contributed by atoms with van der Waals surface area (Å²) < 4.78 is 0. The van der Waals surface area contributed by atoms with E-state index in [-0.39, 0.29) is 22.6 Å². The number of phenols is 2. The summed E-state index contributed by atoms with van der Waals surface area (Å²) >= 11 is 0. The smallest absolute Gasteiger partial charge is 0.180 e. The van der Waals surface area contributed by atoms with E-state index in [0.29, 0.717) is 0 Å². The molecule has 0 aliphatic heterocycles. The first-order valence-electron chi connectivity index (χ1n) is 4.70. The first-order chi connectivity index (χ1) is 6.38. The summed E-state index contributed by atoms with van der Waals surface area (Å²) in [7, 11) is 0. The molecule has 4 N–H and O–H groups in total. The zero-order chi connectivity index (χ0) is 10.9. The summed E-state index contributed by atoms with van der Waals surface area (Å²) in [5.41, 5.74) is 6.68. The van der Waals surface area contributed by atoms with E-state index < -0.39 is 0 Å². The quantitative estimate of drug-likeness (QED) is 0.501. The number of hydrogen-bond donors (Lipinski definition) is 3. The Morgan fingerprint density at radius 1 is 1.29 bits per heavy atom. The van der Waals surface area contributed by atoms with Gasteiger partial charge in [-0.25, -0.2) is 0 Å². The van der Waals surface area contributed by atoms with E-state index >= 15 is 0 Å². The summed E-state index contributed by atoms with van der Waals surface area (Å²) in [6, 6.07) is 3.27. The van der Waals surface area contributed by atoms with Crippen LogP contribution in [0.25, 0.3) is 0 Å². The second kappa shape index (κ2) is 3.40. The Bertz CT molecular complexity index is 322. The van der Waals surface area contributed by atoms with Crippen LogP contribution in [0.3, 0.4) is 0 Å². The summed E-state index contributed by atoms with van der Waals surface area (Å²) in [5, 5.41) is 18.7. The molecule has 3 nitrogen and oxygen atoms in total. The van der Waals surface area contributed by atoms with E-state index in [1.165, 1.54) is 0 Å². The number of nitrogen functional groups attached to an aromatic ring is 1. The van der Waals surface area contributed by atoms with E-state index in [1.54, 1.807) is 12.1 Å². The van der Waals surface area contributed by atoms with Crippen molar-refractivity contribution in [2.75, 3.05) is 5.73 Å². The number of rotatable bonds is 2. The zero-order valence-corrected chi connectivity index (χ0v) is 8.83. The Morgan fingerprint density at radius 2 is 1.86 bits per heavy atom. The number of nitrogens with two attached hydrogens (primary N) is 1. The molecule has 0 saturated heterocycles. The molecule has 0 radical (unpaired) electrons. The Morgan fingerprint density at radius 3 is 2.29 bits per heavy atom. The van der Waals surface area contributed by atoms with Gasteiger partial charge < -0.3 is 15.9 Å². The standard InChI is InChI=1S/C11H17NO2/c1-4-11(2,3)7-5-8(12)10(14)9(13)6-7/h5-6,13-14H,4,12H2,1-3H3. The van der Waals surface area contributed by atoms with Crippen molar-refractivity contribution in [2.24, 2.45) is 0 Å². The monoisotopic (exact) mass is 195 g/mol. The number of aromatic hydroxyl groups is 2. The van der Waals surface area contributed by atoms with Gasteiger partial charge in [-0.1, -0.05) is 20.8 Å². The molecular formula is C11H17NO2. The normalized spacial score (nSPS) is 11.6. The predicted molar refractivity (Wildman–Crippen MR) is 57.5 cm³/mol. The average Bonchev–Trinajstić information content (AvgIpc) is 2.13. The van der Waals surface area contributed by atoms with E-state index in [9.17, 15) is 10.2 Å². The van der Waals surface area contributed by atoms with Crippen molar-refractivity contribution in [3.8, 4) is 11.5 Å². The third kappa shape index (κ3) is 1.76. The number of hydrogen-bond acceptors (Lipinski definition) is 3. The predicted octanol–water partition coefficient (Wildman–Crippen LogP) is 2.37. The van der Waals surface area contributed by atoms with Gasteiger partial charge in [-0.3, -0.25) is 0 Å². The Labute approximate surface area is 84.2 Å². The molecule has 1 aromatic carbocycles. The molecule has 1 aromatic rings. The summed E-state index contributed by atoms with van der Waals surface area (Å²) in [5.74, 6) is -0.387. The molecule has 1 rings (SSSR count). The first kappa shape index (κ1) is 10.7. The van der Waals surface area contributed by atoms with Crippen molar-refractivity contribution in [1.29, 1.82) is 0 Å². The summed E-state index contributed by atoms with van der Waals surface area (Å²) in [6.07, 6.45) is 0.941. The second-order valence-corrected chi connectivity index (χ2v) is 4.17. The minimum absolute atomic E-state index is 0.0424. The van der Waals surface area contributed by atoms with Crippen LogP contribution in [-0.4, -0.2) is 10.2 Å². The third-order valence-corrected chi connectivity index (χ3v) is 2.78. The van der Waals surface area contributed by atoms with Gasteiger partial charge in [0.1, 0.15) is 0 Å². The van der Waals surface area contributed by atoms with Crippen molar-refractivity contribution >= 4 is 5.69 Å². The minimum Gasteiger partial charge on any atom is -0.504 e. The SMILES string of the molecule is CCC(C)(C)c1cc(N)c(O)c(O)c1. The Balaban J connectivity index is 3.26. The lowest BCUT2D eigenvalue weighted by atomic mass is 9.82. The highest BCUT2D eigenvalue weighted by atomic mass is 16.3. The topological polar surface area (TPSA) is 66.5 Å². The molecule has 0 atom stereocenters. The molecule has 0 spiro atoms. The van der Waals surface area contributed by atoms with E-state index in [2.05, 4.69) is 20.8 Å².